The number of aryl methyl sites for hydroxylation is 1. The molecule has 2 atom stereocenters. The molecule has 2 aromatic carbocycles. The number of fused-ring (bicyclic) bond motifs is 1. The summed E-state index contributed by atoms with van der Waals surface area (Å²) in [5, 5.41) is 2.58. The van der Waals surface area contributed by atoms with Crippen molar-refractivity contribution in [1.29, 1.82) is 0 Å². The van der Waals surface area contributed by atoms with Crippen LogP contribution < -0.4 is 10.2 Å². The van der Waals surface area contributed by atoms with E-state index in [1.54, 1.807) is 18.2 Å². The van der Waals surface area contributed by atoms with Gasteiger partial charge in [-0.05, 0) is 55.3 Å². The van der Waals surface area contributed by atoms with E-state index in [9.17, 15) is 4.79 Å². The first-order valence-electron chi connectivity index (χ1n) is 10.4. The van der Waals surface area contributed by atoms with E-state index >= 15 is 0 Å². The molecule has 8 heteroatoms. The number of methoxy groups -OCH3 is 1. The molecule has 0 bridgehead atoms. The molecule has 0 aliphatic carbocycles. The fourth-order valence-corrected chi connectivity index (χ4v) is 4.20. The van der Waals surface area contributed by atoms with Crippen LogP contribution in [0.25, 0.3) is 11.5 Å². The average Bonchev–Trinajstić information content (AvgIpc) is 3.40. The predicted molar refractivity (Wildman–Crippen MR) is 120 cm³/mol. The van der Waals surface area contributed by atoms with E-state index < -0.39 is 0 Å². The number of ether oxygens (including phenoxy) is 1. The van der Waals surface area contributed by atoms with Crippen LogP contribution in [0.1, 0.15) is 29.5 Å². The second kappa shape index (κ2) is 8.33. The molecular weight excluding hydrogens is 428 g/mol. The molecule has 1 saturated heterocycles. The number of hydrogen-bond acceptors (Lipinski definition) is 6. The Bertz CT molecular complexity index is 1160. The number of oxazole rings is 1. The van der Waals surface area contributed by atoms with Crippen molar-refractivity contribution in [2.75, 3.05) is 7.11 Å². The van der Waals surface area contributed by atoms with Crippen LogP contribution in [0.3, 0.4) is 0 Å². The molecule has 164 valence electrons. The summed E-state index contributed by atoms with van der Waals surface area (Å²) in [4.78, 5) is 19.5. The van der Waals surface area contributed by atoms with Crippen molar-refractivity contribution in [2.45, 2.75) is 32.0 Å². The molecule has 3 heterocycles. The zero-order chi connectivity index (χ0) is 22.2. The number of carbonyl (C=O) groups excluding carboxylic acids is 1. The van der Waals surface area contributed by atoms with E-state index in [1.807, 2.05) is 66.7 Å². The van der Waals surface area contributed by atoms with Crippen molar-refractivity contribution in [3.8, 4) is 17.2 Å². The van der Waals surface area contributed by atoms with E-state index in [0.717, 1.165) is 22.6 Å². The summed E-state index contributed by atoms with van der Waals surface area (Å²) in [6.45, 7) is 2.23. The maximum Gasteiger partial charge on any atom is 0.251 e. The van der Waals surface area contributed by atoms with E-state index in [1.165, 1.54) is 0 Å². The van der Waals surface area contributed by atoms with Crippen molar-refractivity contribution in [1.82, 2.24) is 20.3 Å². The number of carbonyl (C=O) groups is 1. The molecule has 2 aliphatic rings. The molecular formula is C24H23ClN4O3. The quantitative estimate of drug-likeness (QED) is 0.619. The number of hydrogen-bond donors (Lipinski definition) is 1. The van der Waals surface area contributed by atoms with Crippen LogP contribution in [0.2, 0.25) is 5.02 Å². The Hall–Kier alpha value is -3.29. The molecule has 2 aliphatic heterocycles. The minimum absolute atomic E-state index is 0.0323. The number of hydrazine groups is 1. The fourth-order valence-electron chi connectivity index (χ4n) is 4.07. The summed E-state index contributed by atoms with van der Waals surface area (Å²) in [6, 6.07) is 15.0. The largest absolute Gasteiger partial charge is 0.497 e. The summed E-state index contributed by atoms with van der Waals surface area (Å²) in [5.74, 6) is 2.03. The van der Waals surface area contributed by atoms with Crippen LogP contribution in [0.4, 0.5) is 0 Å². The summed E-state index contributed by atoms with van der Waals surface area (Å²) in [5.41, 5.74) is 6.10. The molecule has 0 radical (unpaired) electrons. The van der Waals surface area contributed by atoms with E-state index in [2.05, 4.69) is 10.4 Å². The molecule has 7 nitrogen and oxygen atoms in total. The summed E-state index contributed by atoms with van der Waals surface area (Å²) in [7, 11) is 1.63. The molecule has 32 heavy (non-hydrogen) atoms. The minimum atomic E-state index is -0.269. The molecule has 1 amide bonds. The second-order valence-corrected chi connectivity index (χ2v) is 8.34. The number of nitrogens with one attached hydrogen (secondary N) is 1. The summed E-state index contributed by atoms with van der Waals surface area (Å²) in [6.07, 6.45) is 4.37. The van der Waals surface area contributed by atoms with Gasteiger partial charge in [-0.15, -0.1) is 0 Å². The third-order valence-electron chi connectivity index (χ3n) is 5.90. The van der Waals surface area contributed by atoms with Gasteiger partial charge in [-0.3, -0.25) is 4.79 Å². The lowest BCUT2D eigenvalue weighted by molar-refractivity contribution is -0.135. The Balaban J connectivity index is 1.30. The number of halogens is 1. The molecule has 1 fully saturated rings. The molecule has 3 aromatic rings. The Kier molecular flexibility index (Phi) is 5.36. The topological polar surface area (TPSA) is 70.8 Å². The zero-order valence-corrected chi connectivity index (χ0v) is 18.5. The third-order valence-corrected chi connectivity index (χ3v) is 6.15. The van der Waals surface area contributed by atoms with Gasteiger partial charge in [-0.2, -0.15) is 0 Å². The number of amides is 1. The van der Waals surface area contributed by atoms with Gasteiger partial charge in [0.25, 0.3) is 5.91 Å². The highest BCUT2D eigenvalue weighted by molar-refractivity contribution is 6.30. The Morgan fingerprint density at radius 2 is 1.91 bits per heavy atom. The number of nitrogens with zero attached hydrogens (tertiary/aromatic N) is 3. The summed E-state index contributed by atoms with van der Waals surface area (Å²) >= 11 is 6.00. The first-order valence-corrected chi connectivity index (χ1v) is 10.8. The normalized spacial score (nSPS) is 20.0. The minimum Gasteiger partial charge on any atom is -0.497 e. The van der Waals surface area contributed by atoms with Crippen LogP contribution in [-0.2, 0) is 11.3 Å². The van der Waals surface area contributed by atoms with E-state index in [-0.39, 0.29) is 18.0 Å². The van der Waals surface area contributed by atoms with Crippen LogP contribution in [0, 0.1) is 6.92 Å². The Labute approximate surface area is 191 Å². The maximum absolute atomic E-state index is 13.2. The Morgan fingerprint density at radius 1 is 1.16 bits per heavy atom. The van der Waals surface area contributed by atoms with E-state index in [4.69, 9.17) is 20.8 Å². The van der Waals surface area contributed by atoms with Gasteiger partial charge < -0.3 is 19.1 Å². The fraction of sp³-hybridized carbons (Fsp3) is 0.250. The lowest BCUT2D eigenvalue weighted by atomic mass is 10.0. The van der Waals surface area contributed by atoms with Crippen LogP contribution in [0.5, 0.6) is 5.75 Å². The molecule has 5 rings (SSSR count). The smallest absolute Gasteiger partial charge is 0.251 e. The first kappa shape index (κ1) is 20.6. The standard InChI is InChI=1S/C24H23ClN4O3/c1-15-21(26-23(32-15)17-5-9-19(31-2)10-6-17)14-28-11-12-29-22(24(28)30)13-20(27-29)16-3-7-18(25)8-4-16/h3-12,20,22,27H,13-14H2,1-2H3. The van der Waals surface area contributed by atoms with Gasteiger partial charge >= 0.3 is 0 Å². The summed E-state index contributed by atoms with van der Waals surface area (Å²) < 4.78 is 11.1. The van der Waals surface area contributed by atoms with Gasteiger partial charge in [0.05, 0.1) is 19.7 Å². The van der Waals surface area contributed by atoms with Crippen molar-refractivity contribution in [3.05, 3.63) is 83.0 Å². The number of aromatic nitrogens is 1. The van der Waals surface area contributed by atoms with Gasteiger partial charge in [0.15, 0.2) is 0 Å². The molecule has 2 unspecified atom stereocenters. The predicted octanol–water partition coefficient (Wildman–Crippen LogP) is 4.45. The highest BCUT2D eigenvalue weighted by atomic mass is 35.5. The van der Waals surface area contributed by atoms with Gasteiger partial charge in [-0.1, -0.05) is 23.7 Å². The molecule has 1 aromatic heterocycles. The number of benzene rings is 2. The lowest BCUT2D eigenvalue weighted by Crippen LogP contribution is -2.47. The lowest BCUT2D eigenvalue weighted by Gasteiger charge is -2.31. The van der Waals surface area contributed by atoms with Gasteiger partial charge in [-0.25, -0.2) is 10.4 Å². The Morgan fingerprint density at radius 3 is 2.62 bits per heavy atom. The van der Waals surface area contributed by atoms with E-state index in [0.29, 0.717) is 29.6 Å². The monoisotopic (exact) mass is 450 g/mol. The maximum atomic E-state index is 13.2. The van der Waals surface area contributed by atoms with Gasteiger partial charge in [0.2, 0.25) is 5.89 Å². The van der Waals surface area contributed by atoms with Crippen molar-refractivity contribution >= 4 is 17.5 Å². The molecule has 0 saturated carbocycles. The SMILES string of the molecule is COc1ccc(-c2nc(CN3C=CN4NC(c5ccc(Cl)cc5)CC4C3=O)c(C)o2)cc1. The zero-order valence-electron chi connectivity index (χ0n) is 17.8. The average molecular weight is 451 g/mol. The van der Waals surface area contributed by atoms with Crippen LogP contribution in [-0.4, -0.2) is 34.0 Å². The van der Waals surface area contributed by atoms with Crippen LogP contribution >= 0.6 is 11.6 Å². The van der Waals surface area contributed by atoms with Crippen LogP contribution in [0.15, 0.2) is 65.3 Å². The second-order valence-electron chi connectivity index (χ2n) is 7.91. The van der Waals surface area contributed by atoms with Crippen molar-refractivity contribution in [2.24, 2.45) is 0 Å². The van der Waals surface area contributed by atoms with Crippen molar-refractivity contribution in [3.63, 3.8) is 0 Å². The number of rotatable bonds is 5. The highest BCUT2D eigenvalue weighted by Gasteiger charge is 2.40. The van der Waals surface area contributed by atoms with Crippen molar-refractivity contribution < 1.29 is 13.9 Å². The van der Waals surface area contributed by atoms with Gasteiger partial charge in [0.1, 0.15) is 23.2 Å². The van der Waals surface area contributed by atoms with Gasteiger partial charge in [0, 0.05) is 23.0 Å². The highest BCUT2D eigenvalue weighted by Crippen LogP contribution is 2.32. The molecule has 0 spiro atoms. The molecule has 1 N–H and O–H groups in total. The first-order chi connectivity index (χ1) is 15.5. The third kappa shape index (κ3) is 3.85.